The van der Waals surface area contributed by atoms with E-state index >= 15 is 0 Å². The molecule has 2 aromatic carbocycles. The van der Waals surface area contributed by atoms with Crippen LogP contribution in [-0.2, 0) is 48.1 Å². The van der Waals surface area contributed by atoms with Crippen molar-refractivity contribution in [1.29, 1.82) is 0 Å². The molecule has 3 aliphatic rings. The largest absolute Gasteiger partial charge is 0.508 e. The summed E-state index contributed by atoms with van der Waals surface area (Å²) in [5.41, 5.74) is 9.53. The van der Waals surface area contributed by atoms with Gasteiger partial charge in [-0.2, -0.15) is 13.2 Å². The van der Waals surface area contributed by atoms with Crippen LogP contribution in [0.2, 0.25) is 0 Å². The van der Waals surface area contributed by atoms with Crippen molar-refractivity contribution in [3.8, 4) is 28.1 Å². The number of amides is 4. The van der Waals surface area contributed by atoms with Crippen molar-refractivity contribution in [3.63, 3.8) is 0 Å². The molecule has 7 rings (SSSR count). The molecule has 5 heterocycles. The van der Waals surface area contributed by atoms with Crippen LogP contribution in [0.5, 0.6) is 5.75 Å². The first-order chi connectivity index (χ1) is 32.0. The SMILES string of the molecule is CCn1c(-c2cccnc2C(C)C)c2c3cc(ccc31)-c1cc(O)cc(c1)C[C@H](NC(=O)[C@H](C(C)C)N(C)C(=O)CN(C)C(=O)[C@H]1N[C@@H]1C(F)(F)F)C(=O)N1CCC[C@H](N1)C(=O)OCC(C)(C)C2. The lowest BCUT2D eigenvalue weighted by molar-refractivity contribution is -0.155. The van der Waals surface area contributed by atoms with Crippen molar-refractivity contribution < 1.29 is 47.0 Å². The number of hydrazine groups is 1. The fraction of sp³-hybridized carbons (Fsp3) is 0.520. The minimum atomic E-state index is -4.63. The van der Waals surface area contributed by atoms with Crippen LogP contribution in [0, 0.1) is 11.3 Å². The van der Waals surface area contributed by atoms with Crippen molar-refractivity contribution in [3.05, 3.63) is 71.5 Å². The maximum Gasteiger partial charge on any atom is 0.405 e. The van der Waals surface area contributed by atoms with Crippen LogP contribution >= 0.6 is 0 Å². The van der Waals surface area contributed by atoms with E-state index < -0.39 is 83.9 Å². The molecular weight excluding hydrogens is 882 g/mol. The Labute approximate surface area is 394 Å². The molecule has 366 valence electrons. The number of carbonyl (C=O) groups is 5. The summed E-state index contributed by atoms with van der Waals surface area (Å²) in [5, 5.41) is 18.5. The summed E-state index contributed by atoms with van der Waals surface area (Å²) in [7, 11) is 2.57. The molecule has 2 aromatic heterocycles. The lowest BCUT2D eigenvalue weighted by atomic mass is 9.83. The number of cyclic esters (lactones) is 1. The van der Waals surface area contributed by atoms with E-state index in [-0.39, 0.29) is 31.2 Å². The van der Waals surface area contributed by atoms with Crippen molar-refractivity contribution >= 4 is 40.5 Å². The number of nitrogens with one attached hydrogen (secondary N) is 3. The van der Waals surface area contributed by atoms with Crippen LogP contribution in [0.1, 0.15) is 84.0 Å². The highest BCUT2D eigenvalue weighted by Gasteiger charge is 2.59. The van der Waals surface area contributed by atoms with Crippen LogP contribution in [-0.4, -0.2) is 129 Å². The number of ether oxygens (including phenoxy) is 1. The average molecular weight is 945 g/mol. The number of halogens is 3. The Kier molecular flexibility index (Phi) is 14.3. The Morgan fingerprint density at radius 3 is 2.44 bits per heavy atom. The zero-order chi connectivity index (χ0) is 49.6. The van der Waals surface area contributed by atoms with Crippen LogP contribution in [0.4, 0.5) is 13.2 Å². The second kappa shape index (κ2) is 19.5. The van der Waals surface area contributed by atoms with Crippen molar-refractivity contribution in [2.75, 3.05) is 33.8 Å². The first-order valence-corrected chi connectivity index (χ1v) is 23.3. The number of likely N-dealkylation sites (N-methyl/N-ethyl adjacent to an activating group) is 2. The monoisotopic (exact) mass is 944 g/mol. The third-order valence-corrected chi connectivity index (χ3v) is 13.1. The fourth-order valence-corrected chi connectivity index (χ4v) is 9.69. The van der Waals surface area contributed by atoms with Gasteiger partial charge in [0, 0.05) is 61.7 Å². The van der Waals surface area contributed by atoms with E-state index in [9.17, 15) is 42.3 Å². The normalized spacial score (nSPS) is 21.3. The molecule has 3 aliphatic heterocycles. The van der Waals surface area contributed by atoms with Gasteiger partial charge in [0.25, 0.3) is 5.91 Å². The number of alkyl halides is 3. The molecule has 4 aromatic rings. The van der Waals surface area contributed by atoms with Crippen molar-refractivity contribution in [2.45, 2.75) is 123 Å². The Hall–Kier alpha value is -6.01. The number of hydrogen-bond donors (Lipinski definition) is 4. The molecule has 2 fully saturated rings. The number of rotatable bonds is 10. The number of aromatic nitrogens is 2. The summed E-state index contributed by atoms with van der Waals surface area (Å²) in [4.78, 5) is 76.2. The van der Waals surface area contributed by atoms with E-state index in [0.717, 1.165) is 48.8 Å². The van der Waals surface area contributed by atoms with Crippen LogP contribution in [0.15, 0.2) is 54.7 Å². The first kappa shape index (κ1) is 49.9. The second-order valence-electron chi connectivity index (χ2n) is 19.9. The summed E-state index contributed by atoms with van der Waals surface area (Å²) in [6.07, 6.45) is -1.55. The highest BCUT2D eigenvalue weighted by Crippen LogP contribution is 2.42. The van der Waals surface area contributed by atoms with Crippen molar-refractivity contribution in [1.82, 2.24) is 40.4 Å². The lowest BCUT2D eigenvalue weighted by Crippen LogP contribution is -2.62. The van der Waals surface area contributed by atoms with Gasteiger partial charge in [-0.15, -0.1) is 0 Å². The van der Waals surface area contributed by atoms with Crippen LogP contribution < -0.4 is 16.1 Å². The van der Waals surface area contributed by atoms with E-state index in [4.69, 9.17) is 9.72 Å². The first-order valence-electron chi connectivity index (χ1n) is 23.3. The highest BCUT2D eigenvalue weighted by atomic mass is 19.4. The maximum atomic E-state index is 14.7. The molecule has 15 nitrogen and oxygen atoms in total. The molecule has 0 radical (unpaired) electrons. The average Bonchev–Trinajstić information content (AvgIpc) is 4.05. The van der Waals surface area contributed by atoms with Crippen LogP contribution in [0.25, 0.3) is 33.3 Å². The minimum Gasteiger partial charge on any atom is -0.508 e. The number of benzene rings is 2. The summed E-state index contributed by atoms with van der Waals surface area (Å²) in [6.45, 7) is 14.2. The molecular formula is C50H63F3N8O7. The van der Waals surface area contributed by atoms with Gasteiger partial charge in [0.2, 0.25) is 17.7 Å². The third kappa shape index (κ3) is 10.5. The molecule has 2 saturated heterocycles. The fourth-order valence-electron chi connectivity index (χ4n) is 9.69. The molecule has 0 unspecified atom stereocenters. The standard InChI is InChI=1S/C50H63F3N8O7/c1-10-60-38-16-15-30-23-34(38)35(43(60)33-13-11-17-54-40(33)27(2)3)24-49(6,7)26-68-48(67)36-14-12-18-61(57-36)46(65)37(21-29-19-31(30)22-32(62)20-29)55-45(64)42(28(4)5)59(9)39(63)25-58(8)47(66)41-44(56-41)50(51,52)53/h11,13,15-17,19-20,22-23,27-28,36-37,41-42,44,56-57,62H,10,12,14,18,21,24-26H2,1-9H3,(H,55,64)/t36-,37-,41-,42-,44-/m0/s1. The Morgan fingerprint density at radius 1 is 1.04 bits per heavy atom. The number of nitrogens with zero attached hydrogens (tertiary/aromatic N) is 5. The van der Waals surface area contributed by atoms with Gasteiger partial charge in [0.15, 0.2) is 0 Å². The highest BCUT2D eigenvalue weighted by molar-refractivity contribution is 5.96. The van der Waals surface area contributed by atoms with E-state index in [0.29, 0.717) is 36.9 Å². The van der Waals surface area contributed by atoms with Gasteiger partial charge in [0.1, 0.15) is 36.0 Å². The number of esters is 1. The van der Waals surface area contributed by atoms with Gasteiger partial charge in [0.05, 0.1) is 24.5 Å². The van der Waals surface area contributed by atoms with Crippen LogP contribution in [0.3, 0.4) is 0 Å². The molecule has 5 atom stereocenters. The zero-order valence-electron chi connectivity index (χ0n) is 40.2. The zero-order valence-corrected chi connectivity index (χ0v) is 40.2. The summed E-state index contributed by atoms with van der Waals surface area (Å²) in [6, 6.07) is 8.37. The summed E-state index contributed by atoms with van der Waals surface area (Å²) >= 11 is 0. The predicted molar refractivity (Wildman–Crippen MR) is 250 cm³/mol. The molecule has 18 heteroatoms. The van der Waals surface area contributed by atoms with E-state index in [1.54, 1.807) is 26.1 Å². The predicted octanol–water partition coefficient (Wildman–Crippen LogP) is 5.71. The molecule has 0 spiro atoms. The van der Waals surface area contributed by atoms with Gasteiger partial charge >= 0.3 is 12.1 Å². The minimum absolute atomic E-state index is 0.0689. The van der Waals surface area contributed by atoms with E-state index in [1.807, 2.05) is 18.2 Å². The van der Waals surface area contributed by atoms with E-state index in [2.05, 4.69) is 73.4 Å². The van der Waals surface area contributed by atoms with E-state index in [1.165, 1.54) is 25.2 Å². The molecule has 0 aliphatic carbocycles. The second-order valence-corrected chi connectivity index (χ2v) is 19.9. The number of carbonyl (C=O) groups excluding carboxylic acids is 5. The smallest absolute Gasteiger partial charge is 0.405 e. The Morgan fingerprint density at radius 2 is 1.78 bits per heavy atom. The van der Waals surface area contributed by atoms with Gasteiger partial charge in [-0.3, -0.25) is 39.3 Å². The number of pyridine rings is 1. The summed E-state index contributed by atoms with van der Waals surface area (Å²) < 4.78 is 47.9. The summed E-state index contributed by atoms with van der Waals surface area (Å²) in [5.74, 6) is -3.90. The Bertz CT molecular complexity index is 2590. The maximum absolute atomic E-state index is 14.7. The number of phenols is 1. The topological polar surface area (TPSA) is 188 Å². The molecule has 68 heavy (non-hydrogen) atoms. The quantitative estimate of drug-likeness (QED) is 0.113. The number of fused-ring (bicyclic) bond motifs is 6. The van der Waals surface area contributed by atoms with Gasteiger partial charge < -0.3 is 29.5 Å². The number of phenolic OH excluding ortho intramolecular Hbond substituents is 1. The molecule has 4 N–H and O–H groups in total. The van der Waals surface area contributed by atoms with Gasteiger partial charge in [-0.25, -0.2) is 5.43 Å². The lowest BCUT2D eigenvalue weighted by Gasteiger charge is -2.37. The van der Waals surface area contributed by atoms with Gasteiger partial charge in [-0.05, 0) is 96.7 Å². The Balaban J connectivity index is 1.26. The molecule has 0 saturated carbocycles. The molecule has 6 bridgehead atoms. The number of aromatic hydroxyl groups is 1. The van der Waals surface area contributed by atoms with Gasteiger partial charge in [-0.1, -0.05) is 53.7 Å². The number of hydrogen-bond acceptors (Lipinski definition) is 10. The number of aryl methyl sites for hydroxylation is 1. The van der Waals surface area contributed by atoms with Crippen molar-refractivity contribution in [2.24, 2.45) is 11.3 Å². The molecule has 4 amide bonds. The third-order valence-electron chi connectivity index (χ3n) is 13.1.